The van der Waals surface area contributed by atoms with E-state index in [0.717, 1.165) is 11.3 Å². The summed E-state index contributed by atoms with van der Waals surface area (Å²) < 4.78 is 5.75. The van der Waals surface area contributed by atoms with Gasteiger partial charge in [0.15, 0.2) is 0 Å². The van der Waals surface area contributed by atoms with Crippen molar-refractivity contribution in [1.82, 2.24) is 5.43 Å². The number of anilines is 2. The molecule has 0 radical (unpaired) electrons. The van der Waals surface area contributed by atoms with Crippen LogP contribution >= 0.6 is 23.2 Å². The second kappa shape index (κ2) is 9.94. The molecule has 4 rings (SSSR count). The van der Waals surface area contributed by atoms with E-state index in [2.05, 4.69) is 10.9 Å². The first-order chi connectivity index (χ1) is 15.5. The molecule has 1 atom stereocenters. The van der Waals surface area contributed by atoms with Crippen molar-refractivity contribution in [3.05, 3.63) is 88.4 Å². The Bertz CT molecular complexity index is 1110. The summed E-state index contributed by atoms with van der Waals surface area (Å²) in [5.74, 6) is -0.0390. The van der Waals surface area contributed by atoms with Crippen LogP contribution in [-0.4, -0.2) is 18.4 Å². The van der Waals surface area contributed by atoms with E-state index in [4.69, 9.17) is 27.9 Å². The van der Waals surface area contributed by atoms with Crippen LogP contribution in [0.15, 0.2) is 72.8 Å². The molecular weight excluding hydrogens is 449 g/mol. The first kappa shape index (κ1) is 22.0. The first-order valence-electron chi connectivity index (χ1n) is 10.1. The fourth-order valence-corrected chi connectivity index (χ4v) is 3.87. The Morgan fingerprint density at radius 3 is 2.50 bits per heavy atom. The maximum atomic E-state index is 12.5. The van der Waals surface area contributed by atoms with Crippen LogP contribution in [0.5, 0.6) is 5.75 Å². The Morgan fingerprint density at radius 1 is 1.03 bits per heavy atom. The lowest BCUT2D eigenvalue weighted by Crippen LogP contribution is -2.36. The van der Waals surface area contributed by atoms with Gasteiger partial charge in [0.1, 0.15) is 12.4 Å². The van der Waals surface area contributed by atoms with E-state index in [-0.39, 0.29) is 18.2 Å². The number of rotatable bonds is 7. The average Bonchev–Trinajstić information content (AvgIpc) is 3.20. The van der Waals surface area contributed by atoms with Crippen LogP contribution in [-0.2, 0) is 16.2 Å². The standard InChI is InChI=1S/C24H21Cl2N3O3/c25-18-7-6-16(22(26)13-18)15-32-21-10-8-19(9-11-21)27-28-24(31)17-12-23(30)29(14-17)20-4-2-1-3-5-20/h1-11,13,17,27H,12,14-15H2,(H,28,31)/t17-/m1/s1. The van der Waals surface area contributed by atoms with Crippen molar-refractivity contribution in [2.45, 2.75) is 13.0 Å². The number of hydrogen-bond donors (Lipinski definition) is 2. The minimum absolute atomic E-state index is 0.0568. The molecule has 0 aliphatic carbocycles. The van der Waals surface area contributed by atoms with E-state index >= 15 is 0 Å². The second-order valence-electron chi connectivity index (χ2n) is 7.40. The molecule has 0 saturated carbocycles. The number of carbonyl (C=O) groups excluding carboxylic acids is 2. The van der Waals surface area contributed by atoms with E-state index in [1.54, 1.807) is 41.3 Å². The van der Waals surface area contributed by atoms with Gasteiger partial charge in [0.2, 0.25) is 11.8 Å². The molecular formula is C24H21Cl2N3O3. The summed E-state index contributed by atoms with van der Waals surface area (Å²) in [6.45, 7) is 0.670. The zero-order valence-electron chi connectivity index (χ0n) is 17.1. The Labute approximate surface area is 196 Å². The molecule has 3 aromatic rings. The fraction of sp³-hybridized carbons (Fsp3) is 0.167. The van der Waals surface area contributed by atoms with Gasteiger partial charge in [0.05, 0.1) is 11.6 Å². The average molecular weight is 470 g/mol. The van der Waals surface area contributed by atoms with E-state index in [1.807, 2.05) is 36.4 Å². The van der Waals surface area contributed by atoms with Gasteiger partial charge in [-0.3, -0.25) is 20.4 Å². The van der Waals surface area contributed by atoms with E-state index in [1.165, 1.54) is 0 Å². The Hall–Kier alpha value is -3.22. The predicted molar refractivity (Wildman–Crippen MR) is 126 cm³/mol. The highest BCUT2D eigenvalue weighted by molar-refractivity contribution is 6.35. The van der Waals surface area contributed by atoms with Gasteiger partial charge in [0.25, 0.3) is 0 Å². The lowest BCUT2D eigenvalue weighted by Gasteiger charge is -2.17. The van der Waals surface area contributed by atoms with Gasteiger partial charge in [-0.25, -0.2) is 0 Å². The summed E-state index contributed by atoms with van der Waals surface area (Å²) in [5, 5.41) is 1.13. The van der Waals surface area contributed by atoms with Crippen LogP contribution in [0.2, 0.25) is 10.0 Å². The topological polar surface area (TPSA) is 70.7 Å². The van der Waals surface area contributed by atoms with Crippen molar-refractivity contribution in [3.8, 4) is 5.75 Å². The molecule has 1 fully saturated rings. The number of carbonyl (C=O) groups is 2. The number of amides is 2. The lowest BCUT2D eigenvalue weighted by atomic mass is 10.1. The molecule has 0 bridgehead atoms. The normalized spacial score (nSPS) is 15.5. The molecule has 164 valence electrons. The number of hydrazine groups is 1. The maximum absolute atomic E-state index is 12.5. The summed E-state index contributed by atoms with van der Waals surface area (Å²) >= 11 is 12.1. The molecule has 8 heteroatoms. The van der Waals surface area contributed by atoms with Crippen LogP contribution < -0.4 is 20.5 Å². The predicted octanol–water partition coefficient (Wildman–Crippen LogP) is 5.07. The van der Waals surface area contributed by atoms with Crippen molar-refractivity contribution in [3.63, 3.8) is 0 Å². The van der Waals surface area contributed by atoms with Crippen molar-refractivity contribution in [2.24, 2.45) is 5.92 Å². The molecule has 0 unspecified atom stereocenters. The maximum Gasteiger partial charge on any atom is 0.243 e. The number of hydrogen-bond acceptors (Lipinski definition) is 4. The van der Waals surface area contributed by atoms with E-state index < -0.39 is 5.92 Å². The number of ether oxygens (including phenoxy) is 1. The highest BCUT2D eigenvalue weighted by atomic mass is 35.5. The number of halogens is 2. The van der Waals surface area contributed by atoms with Crippen LogP contribution in [0.1, 0.15) is 12.0 Å². The third-order valence-electron chi connectivity index (χ3n) is 5.16. The molecule has 2 amide bonds. The number of nitrogens with one attached hydrogen (secondary N) is 2. The monoisotopic (exact) mass is 469 g/mol. The minimum atomic E-state index is -0.415. The van der Waals surface area contributed by atoms with Gasteiger partial charge in [-0.05, 0) is 48.5 Å². The zero-order chi connectivity index (χ0) is 22.5. The van der Waals surface area contributed by atoms with Gasteiger partial charge in [0, 0.05) is 34.3 Å². The molecule has 3 aromatic carbocycles. The van der Waals surface area contributed by atoms with Gasteiger partial charge in [-0.1, -0.05) is 47.5 Å². The lowest BCUT2D eigenvalue weighted by molar-refractivity contribution is -0.125. The van der Waals surface area contributed by atoms with Gasteiger partial charge in [-0.15, -0.1) is 0 Å². The molecule has 1 aliphatic heterocycles. The fourth-order valence-electron chi connectivity index (χ4n) is 3.41. The Morgan fingerprint density at radius 2 is 1.78 bits per heavy atom. The third kappa shape index (κ3) is 5.33. The SMILES string of the molecule is O=C(NNc1ccc(OCc2ccc(Cl)cc2Cl)cc1)[C@@H]1CC(=O)N(c2ccccc2)C1. The molecule has 0 aromatic heterocycles. The van der Waals surface area contributed by atoms with Crippen LogP contribution in [0.3, 0.4) is 0 Å². The van der Waals surface area contributed by atoms with Crippen molar-refractivity contribution in [1.29, 1.82) is 0 Å². The van der Waals surface area contributed by atoms with Gasteiger partial charge < -0.3 is 9.64 Å². The molecule has 1 aliphatic rings. The number of nitrogens with zero attached hydrogens (tertiary/aromatic N) is 1. The molecule has 1 heterocycles. The highest BCUT2D eigenvalue weighted by Gasteiger charge is 2.35. The van der Waals surface area contributed by atoms with E-state index in [9.17, 15) is 9.59 Å². The van der Waals surface area contributed by atoms with Gasteiger partial charge in [-0.2, -0.15) is 0 Å². The van der Waals surface area contributed by atoms with Gasteiger partial charge >= 0.3 is 0 Å². The summed E-state index contributed by atoms with van der Waals surface area (Å²) in [4.78, 5) is 26.5. The van der Waals surface area contributed by atoms with Crippen molar-refractivity contribution in [2.75, 3.05) is 16.9 Å². The number of para-hydroxylation sites is 1. The Kier molecular flexibility index (Phi) is 6.83. The van der Waals surface area contributed by atoms with Crippen LogP contribution in [0.25, 0.3) is 0 Å². The zero-order valence-corrected chi connectivity index (χ0v) is 18.6. The smallest absolute Gasteiger partial charge is 0.243 e. The minimum Gasteiger partial charge on any atom is -0.489 e. The Balaban J connectivity index is 1.27. The summed E-state index contributed by atoms with van der Waals surface area (Å²) in [6.07, 6.45) is 0.183. The molecule has 32 heavy (non-hydrogen) atoms. The highest BCUT2D eigenvalue weighted by Crippen LogP contribution is 2.25. The molecule has 6 nitrogen and oxygen atoms in total. The molecule has 1 saturated heterocycles. The first-order valence-corrected chi connectivity index (χ1v) is 10.8. The second-order valence-corrected chi connectivity index (χ2v) is 8.25. The van der Waals surface area contributed by atoms with E-state index in [0.29, 0.717) is 34.6 Å². The number of benzene rings is 3. The van der Waals surface area contributed by atoms with Crippen LogP contribution in [0.4, 0.5) is 11.4 Å². The quantitative estimate of drug-likeness (QED) is 0.474. The van der Waals surface area contributed by atoms with Crippen LogP contribution in [0, 0.1) is 5.92 Å². The van der Waals surface area contributed by atoms with Crippen molar-refractivity contribution < 1.29 is 14.3 Å². The van der Waals surface area contributed by atoms with Crippen molar-refractivity contribution >= 4 is 46.4 Å². The summed E-state index contributed by atoms with van der Waals surface area (Å²) in [7, 11) is 0. The largest absolute Gasteiger partial charge is 0.489 e. The molecule has 0 spiro atoms. The molecule has 2 N–H and O–H groups in total. The summed E-state index contributed by atoms with van der Waals surface area (Å²) in [6, 6.07) is 21.8. The summed E-state index contributed by atoms with van der Waals surface area (Å²) in [5.41, 5.74) is 7.90. The third-order valence-corrected chi connectivity index (χ3v) is 5.74.